The van der Waals surface area contributed by atoms with Gasteiger partial charge in [0.15, 0.2) is 0 Å². The summed E-state index contributed by atoms with van der Waals surface area (Å²) in [5.41, 5.74) is 13.4. The number of fused-ring (bicyclic) bond motifs is 6. The van der Waals surface area contributed by atoms with E-state index >= 15 is 0 Å². The summed E-state index contributed by atoms with van der Waals surface area (Å²) >= 11 is 0. The molecule has 2 nitrogen and oxygen atoms in total. The summed E-state index contributed by atoms with van der Waals surface area (Å²) in [6.45, 7) is 13.7. The summed E-state index contributed by atoms with van der Waals surface area (Å²) in [6, 6.07) is 49.5. The molecule has 0 aliphatic carbocycles. The first kappa shape index (κ1) is 29.8. The SMILES string of the molecule is CC(C)(C)c1cc(N2c3cc4ccccc4cc3B3Oc4cc5ccccc5cc4-c4cc(-c5ccccc5)cc2c43)cc(C(C)(C)C)c1. The monoisotopic (exact) mass is 633 g/mol. The summed E-state index contributed by atoms with van der Waals surface area (Å²) in [6.07, 6.45) is 0. The number of hydrogen-bond donors (Lipinski definition) is 0. The number of nitrogens with zero attached hydrogens (tertiary/aromatic N) is 1. The van der Waals surface area contributed by atoms with E-state index in [2.05, 4.69) is 180 Å². The summed E-state index contributed by atoms with van der Waals surface area (Å²) < 4.78 is 7.18. The third-order valence-electron chi connectivity index (χ3n) is 10.5. The quantitative estimate of drug-likeness (QED) is 0.176. The first-order chi connectivity index (χ1) is 23.5. The van der Waals surface area contributed by atoms with E-state index < -0.39 is 0 Å². The summed E-state index contributed by atoms with van der Waals surface area (Å²) in [5, 5.41) is 4.85. The minimum atomic E-state index is -0.243. The summed E-state index contributed by atoms with van der Waals surface area (Å²) in [7, 11) is 0. The van der Waals surface area contributed by atoms with Crippen molar-refractivity contribution in [3.8, 4) is 28.0 Å². The van der Waals surface area contributed by atoms with E-state index in [-0.39, 0.29) is 17.7 Å². The molecule has 2 aliphatic heterocycles. The van der Waals surface area contributed by atoms with Crippen molar-refractivity contribution < 1.29 is 4.65 Å². The largest absolute Gasteiger partial charge is 0.551 e. The van der Waals surface area contributed by atoms with Crippen molar-refractivity contribution in [3.05, 3.63) is 145 Å². The van der Waals surface area contributed by atoms with Gasteiger partial charge in [0.1, 0.15) is 5.75 Å². The Morgan fingerprint density at radius 2 is 1.06 bits per heavy atom. The van der Waals surface area contributed by atoms with Crippen LogP contribution in [0.1, 0.15) is 52.7 Å². The zero-order chi connectivity index (χ0) is 33.7. The predicted octanol–water partition coefficient (Wildman–Crippen LogP) is 11.2. The molecule has 0 fully saturated rings. The van der Waals surface area contributed by atoms with Crippen molar-refractivity contribution in [2.45, 2.75) is 52.4 Å². The van der Waals surface area contributed by atoms with Gasteiger partial charge in [0.05, 0.1) is 0 Å². The maximum atomic E-state index is 7.18. The molecule has 0 atom stereocenters. The third kappa shape index (κ3) is 4.86. The first-order valence-electron chi connectivity index (χ1n) is 17.4. The molecule has 0 saturated carbocycles. The molecule has 238 valence electrons. The second-order valence-corrected chi connectivity index (χ2v) is 15.9. The highest BCUT2D eigenvalue weighted by Gasteiger charge is 2.43. The van der Waals surface area contributed by atoms with Crippen LogP contribution in [0.2, 0.25) is 0 Å². The Hall–Kier alpha value is -5.28. The molecule has 3 heteroatoms. The Bertz CT molecular complexity index is 2420. The zero-order valence-corrected chi connectivity index (χ0v) is 29.1. The minimum Gasteiger partial charge on any atom is -0.551 e. The molecule has 7 aromatic rings. The lowest BCUT2D eigenvalue weighted by atomic mass is 9.49. The fourth-order valence-corrected chi connectivity index (χ4v) is 7.71. The van der Waals surface area contributed by atoms with E-state index in [9.17, 15) is 0 Å². The number of benzene rings is 7. The molecule has 7 aromatic carbocycles. The fraction of sp³-hybridized carbons (Fsp3) is 0.174. The maximum Gasteiger partial charge on any atom is 0.431 e. The Balaban J connectivity index is 1.42. The second kappa shape index (κ2) is 10.6. The highest BCUT2D eigenvalue weighted by atomic mass is 16.4. The van der Waals surface area contributed by atoms with Crippen LogP contribution in [0, 0.1) is 0 Å². The number of anilines is 3. The van der Waals surface area contributed by atoms with Crippen molar-refractivity contribution in [1.82, 2.24) is 0 Å². The van der Waals surface area contributed by atoms with Gasteiger partial charge in [-0.25, -0.2) is 0 Å². The minimum absolute atomic E-state index is 0.0189. The van der Waals surface area contributed by atoms with Gasteiger partial charge in [-0.1, -0.05) is 133 Å². The molecule has 0 bridgehead atoms. The lowest BCUT2D eigenvalue weighted by molar-refractivity contribution is 0.568. The van der Waals surface area contributed by atoms with Gasteiger partial charge in [-0.3, -0.25) is 0 Å². The molecular formula is C46H40BNO. The van der Waals surface area contributed by atoms with Crippen LogP contribution in [0.4, 0.5) is 17.1 Å². The number of hydrogen-bond acceptors (Lipinski definition) is 2. The van der Waals surface area contributed by atoms with Crippen LogP contribution in [0.15, 0.2) is 133 Å². The molecule has 0 amide bonds. The van der Waals surface area contributed by atoms with Gasteiger partial charge < -0.3 is 9.55 Å². The van der Waals surface area contributed by atoms with Gasteiger partial charge in [-0.05, 0) is 108 Å². The maximum absolute atomic E-state index is 7.18. The molecule has 2 aliphatic rings. The average Bonchev–Trinajstić information content (AvgIpc) is 3.09. The Morgan fingerprint density at radius 1 is 0.490 bits per heavy atom. The van der Waals surface area contributed by atoms with Crippen molar-refractivity contribution >= 4 is 56.4 Å². The highest BCUT2D eigenvalue weighted by molar-refractivity contribution is 6.86. The standard InChI is InChI=1S/C46H40BNO/c1-45(2,3)35-26-36(46(4,5)6)28-37(27-35)48-41-23-32-18-12-11-17-31(32)22-40(41)47-44-39(21-34(24-42(44)48)29-14-8-7-9-15-29)38-20-30-16-10-13-19-33(30)25-43(38)49-47/h7-28H,1-6H3. The van der Waals surface area contributed by atoms with Crippen LogP contribution < -0.4 is 20.5 Å². The van der Waals surface area contributed by atoms with Gasteiger partial charge in [0, 0.05) is 28.1 Å². The smallest absolute Gasteiger partial charge is 0.431 e. The van der Waals surface area contributed by atoms with Crippen molar-refractivity contribution in [1.29, 1.82) is 0 Å². The van der Waals surface area contributed by atoms with Crippen LogP contribution in [0.3, 0.4) is 0 Å². The van der Waals surface area contributed by atoms with Gasteiger partial charge in [-0.15, -0.1) is 0 Å². The van der Waals surface area contributed by atoms with E-state index in [0.717, 1.165) is 11.3 Å². The molecule has 0 spiro atoms. The molecule has 49 heavy (non-hydrogen) atoms. The van der Waals surface area contributed by atoms with Crippen molar-refractivity contribution in [2.75, 3.05) is 4.90 Å². The highest BCUT2D eigenvalue weighted by Crippen LogP contribution is 2.47. The van der Waals surface area contributed by atoms with Gasteiger partial charge in [0.2, 0.25) is 0 Å². The van der Waals surface area contributed by atoms with E-state index in [0.29, 0.717) is 0 Å². The normalized spacial score (nSPS) is 13.6. The van der Waals surface area contributed by atoms with E-state index in [1.165, 1.54) is 77.3 Å². The van der Waals surface area contributed by atoms with Crippen LogP contribution in [-0.4, -0.2) is 6.92 Å². The zero-order valence-electron chi connectivity index (χ0n) is 29.1. The first-order valence-corrected chi connectivity index (χ1v) is 17.4. The molecule has 0 aromatic heterocycles. The van der Waals surface area contributed by atoms with E-state index in [1.807, 2.05) is 0 Å². The fourth-order valence-electron chi connectivity index (χ4n) is 7.71. The molecule has 0 saturated heterocycles. The Labute approximate surface area is 290 Å². The van der Waals surface area contributed by atoms with E-state index in [4.69, 9.17) is 4.65 Å². The molecule has 0 unspecified atom stereocenters. The summed E-state index contributed by atoms with van der Waals surface area (Å²) in [4.78, 5) is 2.53. The van der Waals surface area contributed by atoms with Crippen LogP contribution >= 0.6 is 0 Å². The lowest BCUT2D eigenvalue weighted by Gasteiger charge is -2.41. The average molecular weight is 634 g/mol. The predicted molar refractivity (Wildman–Crippen MR) is 210 cm³/mol. The molecule has 2 heterocycles. The van der Waals surface area contributed by atoms with Crippen molar-refractivity contribution in [2.24, 2.45) is 0 Å². The van der Waals surface area contributed by atoms with Crippen molar-refractivity contribution in [3.63, 3.8) is 0 Å². The van der Waals surface area contributed by atoms with Gasteiger partial charge in [-0.2, -0.15) is 0 Å². The molecule has 0 N–H and O–H groups in total. The van der Waals surface area contributed by atoms with Crippen LogP contribution in [0.25, 0.3) is 43.8 Å². The Kier molecular flexibility index (Phi) is 6.46. The molecular weight excluding hydrogens is 593 g/mol. The third-order valence-corrected chi connectivity index (χ3v) is 10.5. The topological polar surface area (TPSA) is 12.5 Å². The second-order valence-electron chi connectivity index (χ2n) is 15.9. The van der Waals surface area contributed by atoms with Gasteiger partial charge >= 0.3 is 6.92 Å². The van der Waals surface area contributed by atoms with Crippen LogP contribution in [0.5, 0.6) is 5.75 Å². The lowest BCUT2D eigenvalue weighted by Crippen LogP contribution is -2.56. The van der Waals surface area contributed by atoms with Crippen LogP contribution in [-0.2, 0) is 10.8 Å². The molecule has 9 rings (SSSR count). The van der Waals surface area contributed by atoms with Gasteiger partial charge in [0.25, 0.3) is 0 Å². The number of rotatable bonds is 2. The van der Waals surface area contributed by atoms with E-state index in [1.54, 1.807) is 0 Å². The molecule has 0 radical (unpaired) electrons. The summed E-state index contributed by atoms with van der Waals surface area (Å²) in [5.74, 6) is 0.935. The Morgan fingerprint density at radius 3 is 1.69 bits per heavy atom.